The molecule has 1 amide bonds. The van der Waals surface area contributed by atoms with E-state index in [1.165, 1.54) is 16.9 Å². The summed E-state index contributed by atoms with van der Waals surface area (Å²) in [7, 11) is 1.97. The second kappa shape index (κ2) is 9.40. The second-order valence-corrected chi connectivity index (χ2v) is 8.51. The van der Waals surface area contributed by atoms with Gasteiger partial charge in [-0.3, -0.25) is 4.79 Å². The van der Waals surface area contributed by atoms with Crippen molar-refractivity contribution in [1.82, 2.24) is 4.57 Å². The number of ether oxygens (including phenoxy) is 1. The number of aryl methyl sites for hydroxylation is 2. The average Bonchev–Trinajstić information content (AvgIpc) is 3.35. The third-order valence-electron chi connectivity index (χ3n) is 5.53. The monoisotopic (exact) mass is 446 g/mol. The largest absolute Gasteiger partial charge is 0.462 e. The summed E-state index contributed by atoms with van der Waals surface area (Å²) in [6.45, 7) is 4.15. The van der Waals surface area contributed by atoms with Gasteiger partial charge in [-0.15, -0.1) is 11.3 Å². The van der Waals surface area contributed by atoms with E-state index < -0.39 is 5.97 Å². The molecular weight excluding hydrogens is 420 g/mol. The standard InChI is InChI=1S/C26H26N2O3S/c1-4-17-10-12-18(13-11-17)21-16-32-25(24(21)26(30)31-5-2)27-23(29)14-19-15-28(3)22-9-7-6-8-20(19)22/h6-13,15-16H,4-5,14H2,1-3H3,(H,27,29). The molecule has 0 unspecified atom stereocenters. The Kier molecular flexibility index (Phi) is 6.42. The first-order valence-electron chi connectivity index (χ1n) is 10.7. The normalized spacial score (nSPS) is 11.0. The number of nitrogens with one attached hydrogen (secondary N) is 1. The number of anilines is 1. The third kappa shape index (κ3) is 4.32. The van der Waals surface area contributed by atoms with Crippen molar-refractivity contribution in [3.63, 3.8) is 0 Å². The first kappa shape index (κ1) is 21.8. The van der Waals surface area contributed by atoms with Crippen LogP contribution in [-0.2, 0) is 29.4 Å². The number of amides is 1. The summed E-state index contributed by atoms with van der Waals surface area (Å²) in [5.74, 6) is -0.592. The van der Waals surface area contributed by atoms with Crippen molar-refractivity contribution in [2.45, 2.75) is 26.7 Å². The molecule has 0 spiro atoms. The summed E-state index contributed by atoms with van der Waals surface area (Å²) >= 11 is 1.34. The van der Waals surface area contributed by atoms with Crippen LogP contribution in [0.1, 0.15) is 35.3 Å². The van der Waals surface area contributed by atoms with Gasteiger partial charge in [0.05, 0.1) is 13.0 Å². The van der Waals surface area contributed by atoms with Crippen molar-refractivity contribution in [3.8, 4) is 11.1 Å². The zero-order valence-electron chi connectivity index (χ0n) is 18.5. The molecule has 0 saturated carbocycles. The Morgan fingerprint density at radius 1 is 1.06 bits per heavy atom. The maximum absolute atomic E-state index is 12.9. The van der Waals surface area contributed by atoms with Crippen molar-refractivity contribution in [1.29, 1.82) is 0 Å². The minimum absolute atomic E-state index is 0.165. The fraction of sp³-hybridized carbons (Fsp3) is 0.231. The number of nitrogens with zero attached hydrogens (tertiary/aromatic N) is 1. The van der Waals surface area contributed by atoms with Crippen LogP contribution in [0.2, 0.25) is 0 Å². The molecule has 2 aromatic heterocycles. The predicted molar refractivity (Wildman–Crippen MR) is 130 cm³/mol. The van der Waals surface area contributed by atoms with Gasteiger partial charge in [0, 0.05) is 35.1 Å². The molecule has 0 saturated heterocycles. The van der Waals surface area contributed by atoms with E-state index in [4.69, 9.17) is 4.74 Å². The van der Waals surface area contributed by atoms with Gasteiger partial charge >= 0.3 is 5.97 Å². The van der Waals surface area contributed by atoms with Gasteiger partial charge in [-0.05, 0) is 36.1 Å². The van der Waals surface area contributed by atoms with Crippen LogP contribution in [0, 0.1) is 0 Å². The minimum Gasteiger partial charge on any atom is -0.462 e. The van der Waals surface area contributed by atoms with Crippen LogP contribution in [0.15, 0.2) is 60.1 Å². The summed E-state index contributed by atoms with van der Waals surface area (Å²) in [5, 5.41) is 6.43. The van der Waals surface area contributed by atoms with Crippen LogP contribution in [0.5, 0.6) is 0 Å². The number of rotatable bonds is 7. The smallest absolute Gasteiger partial charge is 0.341 e. The summed E-state index contributed by atoms with van der Waals surface area (Å²) in [6, 6.07) is 16.1. The number of aromatic nitrogens is 1. The molecule has 0 aliphatic carbocycles. The Hall–Kier alpha value is -3.38. The summed E-state index contributed by atoms with van der Waals surface area (Å²) in [6.07, 6.45) is 3.15. The maximum atomic E-state index is 12.9. The molecule has 164 valence electrons. The number of thiophene rings is 1. The van der Waals surface area contributed by atoms with Crippen molar-refractivity contribution in [3.05, 3.63) is 76.8 Å². The van der Waals surface area contributed by atoms with Crippen LogP contribution in [-0.4, -0.2) is 23.1 Å². The van der Waals surface area contributed by atoms with Gasteiger partial charge in [0.25, 0.3) is 0 Å². The van der Waals surface area contributed by atoms with Crippen molar-refractivity contribution >= 4 is 39.1 Å². The van der Waals surface area contributed by atoms with Gasteiger partial charge in [-0.25, -0.2) is 4.79 Å². The van der Waals surface area contributed by atoms with Gasteiger partial charge < -0.3 is 14.6 Å². The van der Waals surface area contributed by atoms with Crippen LogP contribution in [0.4, 0.5) is 5.00 Å². The molecule has 5 nitrogen and oxygen atoms in total. The van der Waals surface area contributed by atoms with E-state index in [2.05, 4.69) is 24.4 Å². The second-order valence-electron chi connectivity index (χ2n) is 7.63. The van der Waals surface area contributed by atoms with Crippen LogP contribution in [0.25, 0.3) is 22.0 Å². The highest BCUT2D eigenvalue weighted by atomic mass is 32.1. The Bertz CT molecular complexity index is 1270. The summed E-state index contributed by atoms with van der Waals surface area (Å²) < 4.78 is 7.33. The number of hydrogen-bond acceptors (Lipinski definition) is 4. The number of para-hydroxylation sites is 1. The molecule has 6 heteroatoms. The van der Waals surface area contributed by atoms with E-state index in [0.29, 0.717) is 10.6 Å². The molecule has 0 aliphatic rings. The minimum atomic E-state index is -0.427. The van der Waals surface area contributed by atoms with Gasteiger partial charge in [-0.2, -0.15) is 0 Å². The van der Waals surface area contributed by atoms with E-state index in [0.717, 1.165) is 34.0 Å². The van der Waals surface area contributed by atoms with Gasteiger partial charge in [0.2, 0.25) is 5.91 Å². The van der Waals surface area contributed by atoms with Crippen LogP contribution >= 0.6 is 11.3 Å². The highest BCUT2D eigenvalue weighted by Gasteiger charge is 2.23. The number of hydrogen-bond donors (Lipinski definition) is 1. The molecule has 0 bridgehead atoms. The van der Waals surface area contributed by atoms with Gasteiger partial charge in [0.1, 0.15) is 10.6 Å². The lowest BCUT2D eigenvalue weighted by Gasteiger charge is -2.09. The Morgan fingerprint density at radius 3 is 2.53 bits per heavy atom. The third-order valence-corrected chi connectivity index (χ3v) is 6.42. The van der Waals surface area contributed by atoms with Gasteiger partial charge in [-0.1, -0.05) is 49.4 Å². The molecule has 1 N–H and O–H groups in total. The fourth-order valence-electron chi connectivity index (χ4n) is 3.90. The molecule has 0 fully saturated rings. The van der Waals surface area contributed by atoms with E-state index in [9.17, 15) is 9.59 Å². The van der Waals surface area contributed by atoms with Crippen LogP contribution < -0.4 is 5.32 Å². The quantitative estimate of drug-likeness (QED) is 0.364. The lowest BCUT2D eigenvalue weighted by molar-refractivity contribution is -0.115. The Balaban J connectivity index is 1.63. The molecule has 0 atom stereocenters. The lowest BCUT2D eigenvalue weighted by atomic mass is 10.0. The van der Waals surface area contributed by atoms with E-state index in [1.54, 1.807) is 6.92 Å². The zero-order valence-corrected chi connectivity index (χ0v) is 19.3. The number of esters is 1. The van der Waals surface area contributed by atoms with E-state index in [-0.39, 0.29) is 18.9 Å². The SMILES string of the molecule is CCOC(=O)c1c(-c2ccc(CC)cc2)csc1NC(=O)Cc1cn(C)c2ccccc12. The number of carbonyl (C=O) groups is 2. The first-order chi connectivity index (χ1) is 15.5. The van der Waals surface area contributed by atoms with Gasteiger partial charge in [0.15, 0.2) is 0 Å². The molecule has 0 radical (unpaired) electrons. The molecule has 32 heavy (non-hydrogen) atoms. The van der Waals surface area contributed by atoms with Crippen LogP contribution in [0.3, 0.4) is 0 Å². The number of carbonyl (C=O) groups excluding carboxylic acids is 2. The highest BCUT2D eigenvalue weighted by molar-refractivity contribution is 7.15. The Morgan fingerprint density at radius 2 is 1.81 bits per heavy atom. The topological polar surface area (TPSA) is 60.3 Å². The fourth-order valence-corrected chi connectivity index (χ4v) is 4.87. The molecule has 2 heterocycles. The van der Waals surface area contributed by atoms with Crippen molar-refractivity contribution in [2.24, 2.45) is 7.05 Å². The molecule has 0 aliphatic heterocycles. The number of fused-ring (bicyclic) bond motifs is 1. The molecule has 2 aromatic carbocycles. The first-order valence-corrected chi connectivity index (χ1v) is 11.6. The predicted octanol–water partition coefficient (Wildman–Crippen LogP) is 5.83. The maximum Gasteiger partial charge on any atom is 0.341 e. The van der Waals surface area contributed by atoms with E-state index >= 15 is 0 Å². The zero-order chi connectivity index (χ0) is 22.7. The van der Waals surface area contributed by atoms with E-state index in [1.807, 2.05) is 59.6 Å². The lowest BCUT2D eigenvalue weighted by Crippen LogP contribution is -2.16. The molecule has 4 rings (SSSR count). The highest BCUT2D eigenvalue weighted by Crippen LogP contribution is 2.36. The average molecular weight is 447 g/mol. The molecular formula is C26H26N2O3S. The summed E-state index contributed by atoms with van der Waals surface area (Å²) in [5.41, 5.74) is 5.37. The number of benzene rings is 2. The summed E-state index contributed by atoms with van der Waals surface area (Å²) in [4.78, 5) is 25.7. The molecule has 4 aromatic rings. The Labute approximate surface area is 191 Å². The van der Waals surface area contributed by atoms with Crippen molar-refractivity contribution < 1.29 is 14.3 Å². The van der Waals surface area contributed by atoms with Crippen molar-refractivity contribution in [2.75, 3.05) is 11.9 Å².